The predicted octanol–water partition coefficient (Wildman–Crippen LogP) is 5.47. The van der Waals surface area contributed by atoms with Crippen molar-refractivity contribution >= 4 is 29.0 Å². The third-order valence-electron chi connectivity index (χ3n) is 5.45. The van der Waals surface area contributed by atoms with Crippen molar-refractivity contribution in [3.05, 3.63) is 87.7 Å². The van der Waals surface area contributed by atoms with Crippen LogP contribution in [0.4, 0.5) is 4.79 Å². The van der Waals surface area contributed by atoms with Crippen LogP contribution in [0.5, 0.6) is 0 Å². The molecule has 1 aromatic carbocycles. The van der Waals surface area contributed by atoms with E-state index in [4.69, 9.17) is 0 Å². The number of benzene rings is 1. The zero-order valence-corrected chi connectivity index (χ0v) is 18.8. The Labute approximate surface area is 186 Å². The fourth-order valence-corrected chi connectivity index (χ4v) is 4.70. The molecule has 0 unspecified atom stereocenters. The lowest BCUT2D eigenvalue weighted by atomic mass is 10.1. The smallest absolute Gasteiger partial charge is 0.293 e. The maximum atomic E-state index is 12.9. The number of thioether (sulfide) groups is 1. The number of rotatable bonds is 6. The summed E-state index contributed by atoms with van der Waals surface area (Å²) < 4.78 is 2.07. The Morgan fingerprint density at radius 2 is 1.81 bits per heavy atom. The Kier molecular flexibility index (Phi) is 6.09. The first-order chi connectivity index (χ1) is 14.9. The Balaban J connectivity index is 1.51. The van der Waals surface area contributed by atoms with Crippen LogP contribution < -0.4 is 0 Å². The molecule has 3 heterocycles. The predicted molar refractivity (Wildman–Crippen MR) is 125 cm³/mol. The molecule has 4 rings (SSSR count). The number of aromatic nitrogens is 2. The van der Waals surface area contributed by atoms with Gasteiger partial charge in [-0.2, -0.15) is 0 Å². The first-order valence-electron chi connectivity index (χ1n) is 10.4. The van der Waals surface area contributed by atoms with E-state index in [2.05, 4.69) is 21.7 Å². The lowest BCUT2D eigenvalue weighted by Crippen LogP contribution is -2.29. The molecule has 31 heavy (non-hydrogen) atoms. The second-order valence-electron chi connectivity index (χ2n) is 7.78. The molecule has 1 fully saturated rings. The largest absolute Gasteiger partial charge is 0.303 e. The summed E-state index contributed by atoms with van der Waals surface area (Å²) in [7, 11) is 0. The molecular formula is C25H25N3O2S. The maximum Gasteiger partial charge on any atom is 0.293 e. The highest BCUT2D eigenvalue weighted by atomic mass is 32.2. The molecule has 0 N–H and O–H groups in total. The summed E-state index contributed by atoms with van der Waals surface area (Å²) >= 11 is 1.02. The van der Waals surface area contributed by atoms with Gasteiger partial charge in [0, 0.05) is 24.1 Å². The van der Waals surface area contributed by atoms with Gasteiger partial charge in [0.15, 0.2) is 0 Å². The molecule has 5 nitrogen and oxygen atoms in total. The van der Waals surface area contributed by atoms with E-state index in [1.54, 1.807) is 6.20 Å². The van der Waals surface area contributed by atoms with Gasteiger partial charge in [-0.1, -0.05) is 30.3 Å². The van der Waals surface area contributed by atoms with Crippen LogP contribution in [0.3, 0.4) is 0 Å². The number of hydrogen-bond donors (Lipinski definition) is 0. The molecule has 0 aliphatic carbocycles. The molecule has 0 radical (unpaired) electrons. The summed E-state index contributed by atoms with van der Waals surface area (Å²) in [5.74, 6) is 0.644. The molecule has 3 aromatic rings. The van der Waals surface area contributed by atoms with Crippen molar-refractivity contribution in [3.8, 4) is 5.82 Å². The van der Waals surface area contributed by atoms with E-state index in [1.807, 2.05) is 63.2 Å². The van der Waals surface area contributed by atoms with Crippen LogP contribution in [0.15, 0.2) is 59.6 Å². The second-order valence-corrected chi connectivity index (χ2v) is 8.77. The molecule has 0 bridgehead atoms. The Hall–Kier alpha value is -3.12. The van der Waals surface area contributed by atoms with Crippen molar-refractivity contribution in [2.24, 2.45) is 0 Å². The number of pyridine rings is 1. The van der Waals surface area contributed by atoms with Crippen molar-refractivity contribution in [2.75, 3.05) is 6.54 Å². The molecule has 158 valence electrons. The first kappa shape index (κ1) is 21.1. The van der Waals surface area contributed by atoms with Gasteiger partial charge < -0.3 is 4.57 Å². The van der Waals surface area contributed by atoms with Gasteiger partial charge in [0.2, 0.25) is 0 Å². The number of imide groups is 1. The van der Waals surface area contributed by atoms with Crippen LogP contribution in [-0.2, 0) is 11.2 Å². The van der Waals surface area contributed by atoms with E-state index in [9.17, 15) is 9.59 Å². The average Bonchev–Trinajstić information content (AvgIpc) is 3.18. The summed E-state index contributed by atoms with van der Waals surface area (Å²) in [6.07, 6.45) is 5.22. The van der Waals surface area contributed by atoms with Crippen LogP contribution in [0, 0.1) is 20.8 Å². The van der Waals surface area contributed by atoms with Crippen molar-refractivity contribution in [3.63, 3.8) is 0 Å². The number of aryl methyl sites for hydroxylation is 3. The molecule has 1 aliphatic heterocycles. The number of carbonyl (C=O) groups is 2. The van der Waals surface area contributed by atoms with E-state index < -0.39 is 0 Å². The van der Waals surface area contributed by atoms with Gasteiger partial charge in [-0.3, -0.25) is 14.5 Å². The van der Waals surface area contributed by atoms with Crippen LogP contribution in [0.25, 0.3) is 11.9 Å². The topological polar surface area (TPSA) is 55.2 Å². The van der Waals surface area contributed by atoms with Gasteiger partial charge in [-0.15, -0.1) is 0 Å². The lowest BCUT2D eigenvalue weighted by Gasteiger charge is -2.12. The van der Waals surface area contributed by atoms with Gasteiger partial charge in [0.1, 0.15) is 5.82 Å². The van der Waals surface area contributed by atoms with Crippen LogP contribution in [0.1, 0.15) is 34.5 Å². The normalized spacial score (nSPS) is 15.3. The third kappa shape index (κ3) is 4.49. The SMILES string of the molecule is Cc1ccnc(-n2c(C)cc(/C=C3/SC(=O)N(CCCc4ccccc4)C3=O)c2C)c1. The first-order valence-corrected chi connectivity index (χ1v) is 11.2. The highest BCUT2D eigenvalue weighted by molar-refractivity contribution is 8.18. The molecule has 2 aromatic heterocycles. The van der Waals surface area contributed by atoms with Crippen LogP contribution >= 0.6 is 11.8 Å². The summed E-state index contributed by atoms with van der Waals surface area (Å²) in [6, 6.07) is 16.1. The van der Waals surface area contributed by atoms with E-state index in [0.29, 0.717) is 11.4 Å². The number of carbonyl (C=O) groups excluding carboxylic acids is 2. The zero-order valence-electron chi connectivity index (χ0n) is 18.0. The van der Waals surface area contributed by atoms with Crippen molar-refractivity contribution in [2.45, 2.75) is 33.6 Å². The fraction of sp³-hybridized carbons (Fsp3) is 0.240. The van der Waals surface area contributed by atoms with Crippen molar-refractivity contribution < 1.29 is 9.59 Å². The minimum Gasteiger partial charge on any atom is -0.303 e. The highest BCUT2D eigenvalue weighted by Crippen LogP contribution is 2.33. The van der Waals surface area contributed by atoms with Gasteiger partial charge in [-0.25, -0.2) is 4.98 Å². The number of nitrogens with zero attached hydrogens (tertiary/aromatic N) is 3. The maximum absolute atomic E-state index is 12.9. The molecule has 0 saturated carbocycles. The summed E-state index contributed by atoms with van der Waals surface area (Å²) in [6.45, 7) is 6.49. The molecular weight excluding hydrogens is 406 g/mol. The van der Waals surface area contributed by atoms with Crippen LogP contribution in [-0.4, -0.2) is 32.1 Å². The standard InChI is InChI=1S/C25H25N3O2S/c1-17-11-12-26-23(14-17)28-18(2)15-21(19(28)3)16-22-24(29)27(25(30)31-22)13-7-10-20-8-5-4-6-9-20/h4-6,8-9,11-12,14-16H,7,10,13H2,1-3H3/b22-16+. The molecule has 1 aliphatic rings. The lowest BCUT2D eigenvalue weighted by molar-refractivity contribution is -0.122. The zero-order chi connectivity index (χ0) is 22.0. The van der Waals surface area contributed by atoms with Gasteiger partial charge >= 0.3 is 0 Å². The third-order valence-corrected chi connectivity index (χ3v) is 6.36. The van der Waals surface area contributed by atoms with Gasteiger partial charge in [0.25, 0.3) is 11.1 Å². The average molecular weight is 432 g/mol. The minimum atomic E-state index is -0.207. The van der Waals surface area contributed by atoms with E-state index in [0.717, 1.165) is 52.9 Å². The number of amides is 2. The summed E-state index contributed by atoms with van der Waals surface area (Å²) in [5.41, 5.74) is 5.30. The molecule has 2 amide bonds. The molecule has 0 atom stereocenters. The highest BCUT2D eigenvalue weighted by Gasteiger charge is 2.34. The van der Waals surface area contributed by atoms with Crippen LogP contribution in [0.2, 0.25) is 0 Å². The second kappa shape index (κ2) is 8.94. The molecule has 0 spiro atoms. The fourth-order valence-electron chi connectivity index (χ4n) is 3.85. The molecule has 6 heteroatoms. The summed E-state index contributed by atoms with van der Waals surface area (Å²) in [4.78, 5) is 31.7. The van der Waals surface area contributed by atoms with E-state index in [-0.39, 0.29) is 11.1 Å². The van der Waals surface area contributed by atoms with E-state index >= 15 is 0 Å². The van der Waals surface area contributed by atoms with Gasteiger partial charge in [-0.05, 0) is 86.3 Å². The van der Waals surface area contributed by atoms with Crippen molar-refractivity contribution in [1.82, 2.24) is 14.5 Å². The number of hydrogen-bond acceptors (Lipinski definition) is 4. The Bertz CT molecular complexity index is 1160. The van der Waals surface area contributed by atoms with Gasteiger partial charge in [0.05, 0.1) is 4.91 Å². The van der Waals surface area contributed by atoms with E-state index in [1.165, 1.54) is 10.5 Å². The Morgan fingerprint density at radius 3 is 2.55 bits per heavy atom. The Morgan fingerprint density at radius 1 is 1.03 bits per heavy atom. The van der Waals surface area contributed by atoms with Crippen molar-refractivity contribution in [1.29, 1.82) is 0 Å². The molecule has 1 saturated heterocycles. The quantitative estimate of drug-likeness (QED) is 0.486. The minimum absolute atomic E-state index is 0.196. The summed E-state index contributed by atoms with van der Waals surface area (Å²) in [5, 5.41) is -0.196. The monoisotopic (exact) mass is 431 g/mol.